The predicted octanol–water partition coefficient (Wildman–Crippen LogP) is 0.675. The van der Waals surface area contributed by atoms with E-state index in [-0.39, 0.29) is 18.1 Å². The number of piperidine rings is 1. The number of aromatic nitrogens is 2. The molecule has 23 heavy (non-hydrogen) atoms. The van der Waals surface area contributed by atoms with Gasteiger partial charge in [0.1, 0.15) is 6.10 Å². The summed E-state index contributed by atoms with van der Waals surface area (Å²) in [6, 6.07) is 0.275. The van der Waals surface area contributed by atoms with Crippen molar-refractivity contribution in [2.24, 2.45) is 5.73 Å². The molecule has 2 N–H and O–H groups in total. The van der Waals surface area contributed by atoms with Crippen LogP contribution < -0.4 is 10.6 Å². The molecule has 3 heterocycles. The van der Waals surface area contributed by atoms with Gasteiger partial charge in [-0.15, -0.1) is 0 Å². The van der Waals surface area contributed by atoms with Gasteiger partial charge in [0.05, 0.1) is 24.0 Å². The maximum Gasteiger partial charge on any atom is 0.252 e. The van der Waals surface area contributed by atoms with Crippen LogP contribution in [0.2, 0.25) is 5.02 Å². The summed E-state index contributed by atoms with van der Waals surface area (Å²) in [6.07, 6.45) is 5.51. The zero-order valence-electron chi connectivity index (χ0n) is 13.0. The van der Waals surface area contributed by atoms with E-state index in [1.54, 1.807) is 12.4 Å². The Bertz CT molecular complexity index is 533. The van der Waals surface area contributed by atoms with E-state index in [0.29, 0.717) is 24.1 Å². The Balaban J connectivity index is 1.53. The molecule has 8 heteroatoms. The zero-order chi connectivity index (χ0) is 16.2. The third kappa shape index (κ3) is 3.73. The first kappa shape index (κ1) is 16.4. The van der Waals surface area contributed by atoms with E-state index in [0.717, 1.165) is 38.9 Å². The van der Waals surface area contributed by atoms with E-state index in [4.69, 9.17) is 22.1 Å². The number of carbonyl (C=O) groups is 1. The number of rotatable bonds is 5. The van der Waals surface area contributed by atoms with Gasteiger partial charge in [-0.2, -0.15) is 0 Å². The quantitative estimate of drug-likeness (QED) is 0.849. The number of nitrogens with two attached hydrogens (primary N) is 1. The molecule has 1 unspecified atom stereocenters. The number of likely N-dealkylation sites (tertiary alicyclic amines) is 1. The summed E-state index contributed by atoms with van der Waals surface area (Å²) in [5.41, 5.74) is 5.43. The predicted molar refractivity (Wildman–Crippen MR) is 87.4 cm³/mol. The molecule has 7 nitrogen and oxygen atoms in total. The Morgan fingerprint density at radius 2 is 1.91 bits per heavy atom. The number of amides is 1. The third-order valence-corrected chi connectivity index (χ3v) is 4.62. The lowest BCUT2D eigenvalue weighted by atomic mass is 10.0. The summed E-state index contributed by atoms with van der Waals surface area (Å²) in [5, 5.41) is 0.537. The van der Waals surface area contributed by atoms with Crippen molar-refractivity contribution in [1.29, 1.82) is 0 Å². The molecule has 2 aliphatic rings. The number of ether oxygens (including phenoxy) is 1. The van der Waals surface area contributed by atoms with Gasteiger partial charge in [0.25, 0.3) is 5.91 Å². The van der Waals surface area contributed by atoms with Crippen molar-refractivity contribution >= 4 is 23.5 Å². The highest BCUT2D eigenvalue weighted by atomic mass is 35.5. The highest BCUT2D eigenvalue weighted by Crippen LogP contribution is 2.25. The van der Waals surface area contributed by atoms with Gasteiger partial charge in [-0.1, -0.05) is 11.6 Å². The summed E-state index contributed by atoms with van der Waals surface area (Å²) < 4.78 is 5.53. The fourth-order valence-corrected chi connectivity index (χ4v) is 3.35. The molecule has 2 fully saturated rings. The van der Waals surface area contributed by atoms with Gasteiger partial charge in [-0.05, 0) is 12.8 Å². The van der Waals surface area contributed by atoms with Crippen molar-refractivity contribution in [3.63, 3.8) is 0 Å². The number of anilines is 1. The summed E-state index contributed by atoms with van der Waals surface area (Å²) in [5.74, 6) is 0.810. The molecular weight excluding hydrogens is 318 g/mol. The molecule has 1 aromatic heterocycles. The van der Waals surface area contributed by atoms with Crippen LogP contribution in [0.4, 0.5) is 5.95 Å². The first-order valence-corrected chi connectivity index (χ1v) is 8.41. The highest BCUT2D eigenvalue weighted by Gasteiger charge is 2.37. The molecule has 1 amide bonds. The lowest BCUT2D eigenvalue weighted by Gasteiger charge is -2.36. The van der Waals surface area contributed by atoms with Crippen molar-refractivity contribution in [2.75, 3.05) is 37.7 Å². The summed E-state index contributed by atoms with van der Waals surface area (Å²) in [4.78, 5) is 25.0. The maximum absolute atomic E-state index is 12.4. The largest absolute Gasteiger partial charge is 0.367 e. The molecule has 0 saturated carbocycles. The fourth-order valence-electron chi connectivity index (χ4n) is 3.25. The number of halogens is 1. The van der Waals surface area contributed by atoms with Gasteiger partial charge in [-0.3, -0.25) is 4.79 Å². The second-order valence-electron chi connectivity index (χ2n) is 5.89. The summed E-state index contributed by atoms with van der Waals surface area (Å²) in [6.45, 7) is 3.34. The van der Waals surface area contributed by atoms with Gasteiger partial charge in [-0.25, -0.2) is 9.97 Å². The molecule has 0 aromatic carbocycles. The van der Waals surface area contributed by atoms with Gasteiger partial charge >= 0.3 is 0 Å². The molecule has 1 aromatic rings. The SMILES string of the molecule is NCCOC1CCN(C2CCN(c3ncc(Cl)cn3)CC2)C1=O. The Morgan fingerprint density at radius 3 is 2.57 bits per heavy atom. The minimum atomic E-state index is -0.309. The van der Waals surface area contributed by atoms with Gasteiger partial charge in [0.15, 0.2) is 0 Å². The molecule has 0 spiro atoms. The van der Waals surface area contributed by atoms with Crippen LogP contribution in [0.15, 0.2) is 12.4 Å². The van der Waals surface area contributed by atoms with Gasteiger partial charge in [0.2, 0.25) is 5.95 Å². The van der Waals surface area contributed by atoms with E-state index in [1.807, 2.05) is 4.90 Å². The van der Waals surface area contributed by atoms with Crippen LogP contribution in [-0.2, 0) is 9.53 Å². The Morgan fingerprint density at radius 1 is 1.22 bits per heavy atom. The molecule has 126 valence electrons. The van der Waals surface area contributed by atoms with Crippen LogP contribution in [0.25, 0.3) is 0 Å². The summed E-state index contributed by atoms with van der Waals surface area (Å²) >= 11 is 5.82. The maximum atomic E-state index is 12.4. The zero-order valence-corrected chi connectivity index (χ0v) is 13.8. The highest BCUT2D eigenvalue weighted by molar-refractivity contribution is 6.30. The second-order valence-corrected chi connectivity index (χ2v) is 6.32. The standard InChI is InChI=1S/C15H22ClN5O2/c16-11-9-18-15(19-10-11)20-5-1-12(2-6-20)21-7-3-13(14(21)22)23-8-4-17/h9-10,12-13H,1-8,17H2. The summed E-state index contributed by atoms with van der Waals surface area (Å²) in [7, 11) is 0. The van der Waals surface area contributed by atoms with Crippen molar-refractivity contribution < 1.29 is 9.53 Å². The molecule has 2 aliphatic heterocycles. The minimum absolute atomic E-state index is 0.111. The van der Waals surface area contributed by atoms with Gasteiger partial charge < -0.3 is 20.3 Å². The van der Waals surface area contributed by atoms with Crippen molar-refractivity contribution in [3.05, 3.63) is 17.4 Å². The molecular formula is C15H22ClN5O2. The topological polar surface area (TPSA) is 84.6 Å². The van der Waals surface area contributed by atoms with E-state index in [1.165, 1.54) is 0 Å². The van der Waals surface area contributed by atoms with E-state index in [9.17, 15) is 4.79 Å². The fraction of sp³-hybridized carbons (Fsp3) is 0.667. The first-order valence-electron chi connectivity index (χ1n) is 8.03. The molecule has 0 bridgehead atoms. The normalized spacial score (nSPS) is 22.9. The Labute approximate surface area is 140 Å². The molecule has 0 aliphatic carbocycles. The van der Waals surface area contributed by atoms with Crippen molar-refractivity contribution in [1.82, 2.24) is 14.9 Å². The lowest BCUT2D eigenvalue weighted by molar-refractivity contribution is -0.139. The first-order chi connectivity index (χ1) is 11.2. The van der Waals surface area contributed by atoms with E-state index in [2.05, 4.69) is 14.9 Å². The third-order valence-electron chi connectivity index (χ3n) is 4.42. The molecule has 0 radical (unpaired) electrons. The van der Waals surface area contributed by atoms with Crippen molar-refractivity contribution in [2.45, 2.75) is 31.4 Å². The smallest absolute Gasteiger partial charge is 0.252 e. The van der Waals surface area contributed by atoms with Crippen LogP contribution in [-0.4, -0.2) is 65.7 Å². The van der Waals surface area contributed by atoms with Crippen LogP contribution in [0.3, 0.4) is 0 Å². The Kier molecular flexibility index (Phi) is 5.30. The lowest BCUT2D eigenvalue weighted by Crippen LogP contribution is -2.47. The Hall–Kier alpha value is -1.44. The number of hydrogen-bond acceptors (Lipinski definition) is 6. The van der Waals surface area contributed by atoms with Crippen LogP contribution in [0, 0.1) is 0 Å². The average molecular weight is 340 g/mol. The van der Waals surface area contributed by atoms with Crippen LogP contribution in [0.1, 0.15) is 19.3 Å². The molecule has 2 saturated heterocycles. The van der Waals surface area contributed by atoms with Crippen LogP contribution >= 0.6 is 11.6 Å². The number of hydrogen-bond donors (Lipinski definition) is 1. The molecule has 3 rings (SSSR count). The number of carbonyl (C=O) groups excluding carboxylic acids is 1. The second kappa shape index (κ2) is 7.42. The van der Waals surface area contributed by atoms with E-state index < -0.39 is 0 Å². The van der Waals surface area contributed by atoms with Crippen LogP contribution in [0.5, 0.6) is 0 Å². The monoisotopic (exact) mass is 339 g/mol. The molecule has 1 atom stereocenters. The minimum Gasteiger partial charge on any atom is -0.367 e. The van der Waals surface area contributed by atoms with Crippen molar-refractivity contribution in [3.8, 4) is 0 Å². The van der Waals surface area contributed by atoms with Gasteiger partial charge in [0, 0.05) is 38.6 Å². The number of nitrogens with zero attached hydrogens (tertiary/aromatic N) is 4. The van der Waals surface area contributed by atoms with E-state index >= 15 is 0 Å². The average Bonchev–Trinajstić information content (AvgIpc) is 2.95.